The average molecular weight is 425 g/mol. The van der Waals surface area contributed by atoms with E-state index in [9.17, 15) is 4.79 Å². The zero-order valence-electron chi connectivity index (χ0n) is 20.6. The minimum absolute atomic E-state index is 0.0126. The molecule has 0 bridgehead atoms. The Balaban J connectivity index is 1.73. The van der Waals surface area contributed by atoms with Crippen molar-refractivity contribution in [2.24, 2.45) is 29.1 Å². The topological polar surface area (TPSA) is 26.3 Å². The van der Waals surface area contributed by atoms with Gasteiger partial charge in [0.05, 0.1) is 0 Å². The van der Waals surface area contributed by atoms with Crippen molar-refractivity contribution in [2.75, 3.05) is 0 Å². The quantitative estimate of drug-likeness (QED) is 0.319. The lowest BCUT2D eigenvalue weighted by Crippen LogP contribution is -2.35. The molecule has 3 aliphatic rings. The number of allylic oxidation sites excluding steroid dienone is 6. The van der Waals surface area contributed by atoms with E-state index in [0.29, 0.717) is 17.3 Å². The van der Waals surface area contributed by atoms with Crippen molar-refractivity contribution in [3.8, 4) is 0 Å². The summed E-state index contributed by atoms with van der Waals surface area (Å²) in [6, 6.07) is 0. The Labute approximate surface area is 190 Å². The maximum Gasteiger partial charge on any atom is 0.302 e. The number of hydrogen-bond acceptors (Lipinski definition) is 2. The second-order valence-electron chi connectivity index (χ2n) is 11.0. The molecule has 2 nitrogen and oxygen atoms in total. The molecule has 0 radical (unpaired) electrons. The van der Waals surface area contributed by atoms with Crippen LogP contribution in [0.5, 0.6) is 0 Å². The highest BCUT2D eigenvalue weighted by molar-refractivity contribution is 5.66. The predicted octanol–water partition coefficient (Wildman–Crippen LogP) is 7.97. The van der Waals surface area contributed by atoms with Gasteiger partial charge in [0.15, 0.2) is 0 Å². The first kappa shape index (κ1) is 24.1. The molecule has 3 rings (SSSR count). The molecule has 172 valence electrons. The third-order valence-corrected chi connectivity index (χ3v) is 8.22. The normalized spacial score (nSPS) is 35.2. The maximum absolute atomic E-state index is 11.4. The predicted molar refractivity (Wildman–Crippen MR) is 131 cm³/mol. The van der Waals surface area contributed by atoms with E-state index in [4.69, 9.17) is 4.74 Å². The van der Waals surface area contributed by atoms with Gasteiger partial charge in [0.2, 0.25) is 0 Å². The van der Waals surface area contributed by atoms with E-state index in [1.54, 1.807) is 5.57 Å². The maximum atomic E-state index is 11.4. The molecule has 0 amide bonds. The summed E-state index contributed by atoms with van der Waals surface area (Å²) in [5.74, 6) is 2.73. The molecule has 3 fully saturated rings. The van der Waals surface area contributed by atoms with Gasteiger partial charge in [0, 0.05) is 13.3 Å². The Kier molecular flexibility index (Phi) is 8.05. The third-order valence-electron chi connectivity index (χ3n) is 8.22. The van der Waals surface area contributed by atoms with Crippen molar-refractivity contribution >= 4 is 5.97 Å². The lowest BCUT2D eigenvalue weighted by molar-refractivity contribution is -0.146. The Morgan fingerprint density at radius 1 is 1.19 bits per heavy atom. The number of carbonyl (C=O) groups is 1. The third kappa shape index (κ3) is 5.82. The zero-order valence-corrected chi connectivity index (χ0v) is 20.6. The first-order valence-electron chi connectivity index (χ1n) is 12.6. The van der Waals surface area contributed by atoms with Crippen LogP contribution in [0.15, 0.2) is 47.6 Å². The summed E-state index contributed by atoms with van der Waals surface area (Å²) in [5, 5.41) is 0. The van der Waals surface area contributed by atoms with E-state index in [1.165, 1.54) is 56.6 Å². The van der Waals surface area contributed by atoms with Crippen molar-refractivity contribution in [1.29, 1.82) is 0 Å². The smallest absolute Gasteiger partial charge is 0.302 e. The molecule has 0 spiro atoms. The molecule has 31 heavy (non-hydrogen) atoms. The zero-order chi connectivity index (χ0) is 22.6. The largest absolute Gasteiger partial charge is 0.462 e. The summed E-state index contributed by atoms with van der Waals surface area (Å²) >= 11 is 0. The fraction of sp³-hybridized carbons (Fsp3) is 0.690. The highest BCUT2D eigenvalue weighted by Crippen LogP contribution is 2.59. The Morgan fingerprint density at radius 2 is 1.97 bits per heavy atom. The summed E-state index contributed by atoms with van der Waals surface area (Å²) in [7, 11) is 0. The number of rotatable bonds is 6. The molecule has 5 atom stereocenters. The van der Waals surface area contributed by atoms with E-state index < -0.39 is 0 Å². The van der Waals surface area contributed by atoms with Gasteiger partial charge in [-0.25, -0.2) is 0 Å². The van der Waals surface area contributed by atoms with Crippen LogP contribution in [0.3, 0.4) is 0 Å². The van der Waals surface area contributed by atoms with Crippen molar-refractivity contribution in [1.82, 2.24) is 0 Å². The first-order chi connectivity index (χ1) is 14.7. The van der Waals surface area contributed by atoms with Gasteiger partial charge in [-0.05, 0) is 86.0 Å². The van der Waals surface area contributed by atoms with Gasteiger partial charge in [-0.15, -0.1) is 0 Å². The van der Waals surface area contributed by atoms with Gasteiger partial charge in [-0.1, -0.05) is 69.7 Å². The fourth-order valence-corrected chi connectivity index (χ4v) is 6.56. The van der Waals surface area contributed by atoms with E-state index in [-0.39, 0.29) is 12.1 Å². The minimum Gasteiger partial charge on any atom is -0.462 e. The number of ether oxygens (including phenoxy) is 1. The van der Waals surface area contributed by atoms with Crippen LogP contribution < -0.4 is 0 Å². The number of fused-ring (bicyclic) bond motifs is 1. The van der Waals surface area contributed by atoms with Crippen molar-refractivity contribution in [2.45, 2.75) is 98.5 Å². The van der Waals surface area contributed by atoms with Gasteiger partial charge in [-0.3, -0.25) is 4.79 Å². The molecule has 0 aliphatic heterocycles. The average Bonchev–Trinajstić information content (AvgIpc) is 3.05. The Morgan fingerprint density at radius 3 is 2.68 bits per heavy atom. The molecule has 0 aromatic heterocycles. The highest BCUT2D eigenvalue weighted by Gasteiger charge is 2.50. The van der Waals surface area contributed by atoms with Crippen LogP contribution in [-0.4, -0.2) is 12.1 Å². The van der Waals surface area contributed by atoms with E-state index in [2.05, 4.69) is 58.6 Å². The molecule has 0 aromatic rings. The minimum atomic E-state index is -0.174. The van der Waals surface area contributed by atoms with Gasteiger partial charge < -0.3 is 4.74 Å². The second-order valence-corrected chi connectivity index (χ2v) is 11.0. The molecule has 0 saturated heterocycles. The number of esters is 1. The van der Waals surface area contributed by atoms with Crippen LogP contribution in [0.1, 0.15) is 92.4 Å². The van der Waals surface area contributed by atoms with Crippen LogP contribution in [0.25, 0.3) is 0 Å². The molecular formula is C29H44O2. The van der Waals surface area contributed by atoms with Crippen LogP contribution in [0.4, 0.5) is 0 Å². The molecule has 0 heterocycles. The molecule has 3 saturated carbocycles. The van der Waals surface area contributed by atoms with Crippen LogP contribution in [0.2, 0.25) is 0 Å². The summed E-state index contributed by atoms with van der Waals surface area (Å²) in [6.07, 6.45) is 20.1. The standard InChI is InChI=1S/C29H44O2/c1-20(2)9-7-10-22(4)27-16-17-28-24(11-8-18-29(27,28)6)13-14-25-19-26(31-23(5)30)15-12-21(25)3/h7,10,13-14,20,22,26-28H,3,8-9,11-12,15-19H2,1-2,4-6H3/t22-,26-,27-,28+,29-/m1/s1. The van der Waals surface area contributed by atoms with E-state index >= 15 is 0 Å². The molecule has 0 aromatic carbocycles. The molecule has 0 unspecified atom stereocenters. The van der Waals surface area contributed by atoms with Crippen LogP contribution in [0, 0.1) is 29.1 Å². The van der Waals surface area contributed by atoms with Gasteiger partial charge in [-0.2, -0.15) is 0 Å². The number of carbonyl (C=O) groups excluding carboxylic acids is 1. The molecular weight excluding hydrogens is 380 g/mol. The molecule has 3 aliphatic carbocycles. The van der Waals surface area contributed by atoms with Crippen molar-refractivity contribution < 1.29 is 9.53 Å². The SMILES string of the molecule is C=C1CC[C@@H](OC(C)=O)CC1=CC=C1CCC[C@]2(C)[C@@H]([C@H](C)C=CCC(C)C)CC[C@@H]12. The van der Waals surface area contributed by atoms with Gasteiger partial charge in [0.25, 0.3) is 0 Å². The summed E-state index contributed by atoms with van der Waals surface area (Å²) in [4.78, 5) is 11.4. The lowest BCUT2D eigenvalue weighted by atomic mass is 9.61. The van der Waals surface area contributed by atoms with Crippen LogP contribution in [-0.2, 0) is 9.53 Å². The molecule has 2 heteroatoms. The fourth-order valence-electron chi connectivity index (χ4n) is 6.56. The van der Waals surface area contributed by atoms with Gasteiger partial charge in [0.1, 0.15) is 6.10 Å². The Hall–Kier alpha value is -1.57. The first-order valence-corrected chi connectivity index (χ1v) is 12.6. The summed E-state index contributed by atoms with van der Waals surface area (Å²) in [5.41, 5.74) is 4.56. The van der Waals surface area contributed by atoms with Crippen molar-refractivity contribution in [3.05, 3.63) is 47.6 Å². The summed E-state index contributed by atoms with van der Waals surface area (Å²) < 4.78 is 5.49. The number of hydrogen-bond donors (Lipinski definition) is 0. The second kappa shape index (κ2) is 10.4. The highest BCUT2D eigenvalue weighted by atomic mass is 16.5. The van der Waals surface area contributed by atoms with E-state index in [0.717, 1.165) is 31.1 Å². The monoisotopic (exact) mass is 424 g/mol. The van der Waals surface area contributed by atoms with Crippen molar-refractivity contribution in [3.63, 3.8) is 0 Å². The van der Waals surface area contributed by atoms with E-state index in [1.807, 2.05) is 0 Å². The molecule has 0 N–H and O–H groups in total. The summed E-state index contributed by atoms with van der Waals surface area (Å²) in [6.45, 7) is 15.4. The van der Waals surface area contributed by atoms with Gasteiger partial charge >= 0.3 is 5.97 Å². The lowest BCUT2D eigenvalue weighted by Gasteiger charge is -2.44. The van der Waals surface area contributed by atoms with Crippen LogP contribution >= 0.6 is 0 Å². The Bertz CT molecular complexity index is 753.